The van der Waals surface area contributed by atoms with Gasteiger partial charge in [-0.25, -0.2) is 0 Å². The van der Waals surface area contributed by atoms with Crippen molar-refractivity contribution in [3.8, 4) is 0 Å². The number of hydrogen-bond acceptors (Lipinski definition) is 2. The number of aromatic nitrogens is 2. The van der Waals surface area contributed by atoms with Crippen LogP contribution in [0.5, 0.6) is 0 Å². The van der Waals surface area contributed by atoms with Crippen LogP contribution < -0.4 is 9.80 Å². The largest absolute Gasteiger partial charge is 0.310 e. The number of para-hydroxylation sites is 6. The van der Waals surface area contributed by atoms with E-state index in [0.717, 1.165) is 34.1 Å². The summed E-state index contributed by atoms with van der Waals surface area (Å²) in [6, 6.07) is 75.1. The number of benzene rings is 9. The molecule has 0 aliphatic carbocycles. The molecular formula is C54H34N4. The lowest BCUT2D eigenvalue weighted by molar-refractivity contribution is 1.28. The molecule has 0 radical (unpaired) electrons. The van der Waals surface area contributed by atoms with Gasteiger partial charge in [-0.1, -0.05) is 109 Å². The highest BCUT2D eigenvalue weighted by atomic mass is 15.1. The number of rotatable bonds is 6. The molecule has 0 bridgehead atoms. The van der Waals surface area contributed by atoms with Crippen molar-refractivity contribution in [2.75, 3.05) is 9.80 Å². The molecule has 0 fully saturated rings. The summed E-state index contributed by atoms with van der Waals surface area (Å²) in [4.78, 5) is 4.70. The fourth-order valence-corrected chi connectivity index (χ4v) is 9.91. The van der Waals surface area contributed by atoms with Gasteiger partial charge < -0.3 is 18.6 Å². The first-order chi connectivity index (χ1) is 28.8. The van der Waals surface area contributed by atoms with Crippen molar-refractivity contribution < 1.29 is 0 Å². The van der Waals surface area contributed by atoms with Crippen LogP contribution in [0.15, 0.2) is 206 Å². The van der Waals surface area contributed by atoms with Crippen LogP contribution in [0.3, 0.4) is 0 Å². The molecular weight excluding hydrogens is 705 g/mol. The molecule has 0 aliphatic rings. The monoisotopic (exact) mass is 738 g/mol. The van der Waals surface area contributed by atoms with Crippen molar-refractivity contribution in [2.24, 2.45) is 0 Å². The smallest absolute Gasteiger partial charge is 0.0620 e. The van der Waals surface area contributed by atoms with Gasteiger partial charge in [0, 0.05) is 77.2 Å². The minimum absolute atomic E-state index is 1.14. The molecule has 58 heavy (non-hydrogen) atoms. The summed E-state index contributed by atoms with van der Waals surface area (Å²) in [5, 5.41) is 10.2. The maximum absolute atomic E-state index is 2.51. The molecule has 4 heterocycles. The first-order valence-electron chi connectivity index (χ1n) is 19.9. The normalized spacial score (nSPS) is 12.1. The van der Waals surface area contributed by atoms with Crippen molar-refractivity contribution in [1.82, 2.24) is 8.80 Å². The van der Waals surface area contributed by atoms with E-state index in [1.165, 1.54) is 76.2 Å². The Hall–Kier alpha value is -7.82. The Morgan fingerprint density at radius 1 is 0.224 bits per heavy atom. The zero-order chi connectivity index (χ0) is 37.9. The van der Waals surface area contributed by atoms with Gasteiger partial charge >= 0.3 is 0 Å². The van der Waals surface area contributed by atoms with Crippen molar-refractivity contribution in [2.45, 2.75) is 0 Å². The predicted octanol–water partition coefficient (Wildman–Crippen LogP) is 14.9. The summed E-state index contributed by atoms with van der Waals surface area (Å²) < 4.78 is 5.02. The number of anilines is 6. The van der Waals surface area contributed by atoms with Gasteiger partial charge in [0.05, 0.1) is 33.1 Å². The summed E-state index contributed by atoms with van der Waals surface area (Å²) in [5.41, 5.74) is 14.3. The van der Waals surface area contributed by atoms with Crippen molar-refractivity contribution in [3.05, 3.63) is 206 Å². The minimum Gasteiger partial charge on any atom is -0.310 e. The summed E-state index contributed by atoms with van der Waals surface area (Å²) in [6.45, 7) is 0. The third-order valence-corrected chi connectivity index (χ3v) is 12.3. The van der Waals surface area contributed by atoms with Gasteiger partial charge in [0.2, 0.25) is 0 Å². The van der Waals surface area contributed by atoms with Crippen LogP contribution in [0.25, 0.3) is 76.2 Å². The molecule has 9 aromatic carbocycles. The lowest BCUT2D eigenvalue weighted by Crippen LogP contribution is -2.09. The molecule has 0 aliphatic heterocycles. The Labute approximate surface area is 333 Å². The van der Waals surface area contributed by atoms with Crippen molar-refractivity contribution in [1.29, 1.82) is 0 Å². The predicted molar refractivity (Wildman–Crippen MR) is 245 cm³/mol. The summed E-state index contributed by atoms with van der Waals surface area (Å²) in [5.74, 6) is 0. The van der Waals surface area contributed by atoms with Crippen molar-refractivity contribution in [3.63, 3.8) is 0 Å². The van der Waals surface area contributed by atoms with E-state index < -0.39 is 0 Å². The molecule has 0 spiro atoms. The molecule has 4 aromatic heterocycles. The van der Waals surface area contributed by atoms with Gasteiger partial charge in [-0.05, 0) is 97.1 Å². The Bertz CT molecular complexity index is 3340. The zero-order valence-corrected chi connectivity index (χ0v) is 31.4. The number of hydrogen-bond donors (Lipinski definition) is 0. The fourth-order valence-electron chi connectivity index (χ4n) is 9.91. The molecule has 4 nitrogen and oxygen atoms in total. The van der Waals surface area contributed by atoms with Gasteiger partial charge in [-0.3, -0.25) is 0 Å². The van der Waals surface area contributed by atoms with Gasteiger partial charge in [0.1, 0.15) is 0 Å². The summed E-state index contributed by atoms with van der Waals surface area (Å²) in [6.07, 6.45) is 0. The molecule has 0 saturated heterocycles. The maximum Gasteiger partial charge on any atom is 0.0620 e. The first-order valence-corrected chi connectivity index (χ1v) is 19.9. The third kappa shape index (κ3) is 4.29. The third-order valence-electron chi connectivity index (χ3n) is 12.3. The highest BCUT2D eigenvalue weighted by Gasteiger charge is 2.24. The Balaban J connectivity index is 1.04. The van der Waals surface area contributed by atoms with Crippen LogP contribution in [0.1, 0.15) is 0 Å². The highest BCUT2D eigenvalue weighted by Crippen LogP contribution is 2.47. The van der Waals surface area contributed by atoms with E-state index >= 15 is 0 Å². The summed E-state index contributed by atoms with van der Waals surface area (Å²) in [7, 11) is 0. The molecule has 13 aromatic rings. The topological polar surface area (TPSA) is 15.3 Å². The van der Waals surface area contributed by atoms with E-state index in [2.05, 4.69) is 225 Å². The molecule has 13 rings (SSSR count). The van der Waals surface area contributed by atoms with Crippen LogP contribution in [0.2, 0.25) is 0 Å². The molecule has 270 valence electrons. The van der Waals surface area contributed by atoms with E-state index in [1.54, 1.807) is 0 Å². The molecule has 0 unspecified atom stereocenters. The van der Waals surface area contributed by atoms with Gasteiger partial charge in [0.25, 0.3) is 0 Å². The van der Waals surface area contributed by atoms with Crippen LogP contribution >= 0.6 is 0 Å². The standard InChI is InChI=1S/C54H34N4/c1-5-15-35(16-6-1)55(36-17-7-2-8-18-36)39-27-29-49-45(31-39)41-23-13-25-43-47-34-52-48(33-51(47)57(49)53(41)43)44-26-14-24-42-46-32-40(28-30-50(46)58(52)54(42)44)56(37-19-9-3-10-20-37)38-21-11-4-12-22-38/h1-34H. The van der Waals surface area contributed by atoms with E-state index in [1.807, 2.05) is 0 Å². The van der Waals surface area contributed by atoms with Crippen LogP contribution in [0, 0.1) is 0 Å². The van der Waals surface area contributed by atoms with Crippen molar-refractivity contribution >= 4 is 110 Å². The van der Waals surface area contributed by atoms with Crippen LogP contribution in [0.4, 0.5) is 34.1 Å². The van der Waals surface area contributed by atoms with Gasteiger partial charge in [0.15, 0.2) is 0 Å². The first kappa shape index (κ1) is 31.4. The van der Waals surface area contributed by atoms with Gasteiger partial charge in [-0.2, -0.15) is 0 Å². The SMILES string of the molecule is c1ccc(N(c2ccccc2)c2ccc3c(c2)c2cccc4c5cc6c(cc5n3c24)c2cccc3c4cc(N(c5ccccc5)c5ccccc5)ccc4n6c32)cc1. The van der Waals surface area contributed by atoms with Gasteiger partial charge in [-0.15, -0.1) is 0 Å². The highest BCUT2D eigenvalue weighted by molar-refractivity contribution is 6.29. The average Bonchev–Trinajstić information content (AvgIpc) is 4.01. The van der Waals surface area contributed by atoms with E-state index in [0.29, 0.717) is 0 Å². The Morgan fingerprint density at radius 2 is 0.534 bits per heavy atom. The Kier molecular flexibility index (Phi) is 6.41. The second kappa shape index (κ2) is 11.8. The lowest BCUT2D eigenvalue weighted by Gasteiger charge is -2.25. The van der Waals surface area contributed by atoms with Crippen LogP contribution in [-0.4, -0.2) is 8.80 Å². The zero-order valence-electron chi connectivity index (χ0n) is 31.4. The number of nitrogens with zero attached hydrogens (tertiary/aromatic N) is 4. The Morgan fingerprint density at radius 3 is 0.862 bits per heavy atom. The second-order valence-electron chi connectivity index (χ2n) is 15.4. The minimum atomic E-state index is 1.14. The van der Waals surface area contributed by atoms with E-state index in [-0.39, 0.29) is 0 Å². The van der Waals surface area contributed by atoms with E-state index in [9.17, 15) is 0 Å². The molecule has 0 amide bonds. The molecule has 0 N–H and O–H groups in total. The average molecular weight is 739 g/mol. The second-order valence-corrected chi connectivity index (χ2v) is 15.4. The maximum atomic E-state index is 2.51. The summed E-state index contributed by atoms with van der Waals surface area (Å²) >= 11 is 0. The quantitative estimate of drug-likeness (QED) is 0.169. The van der Waals surface area contributed by atoms with Crippen LogP contribution in [-0.2, 0) is 0 Å². The number of fused-ring (bicyclic) bond motifs is 12. The molecule has 0 saturated carbocycles. The van der Waals surface area contributed by atoms with E-state index in [4.69, 9.17) is 0 Å². The lowest BCUT2D eigenvalue weighted by atomic mass is 10.0. The molecule has 4 heteroatoms. The fraction of sp³-hybridized carbons (Fsp3) is 0. The molecule has 0 atom stereocenters.